The number of hydrogen-bond acceptors (Lipinski definition) is 5. The number of hydrogen-bond donors (Lipinski definition) is 2. The van der Waals surface area contributed by atoms with Crippen molar-refractivity contribution in [1.82, 2.24) is 20.7 Å². The number of piperidine rings is 2. The summed E-state index contributed by atoms with van der Waals surface area (Å²) in [5, 5.41) is 9.80. The van der Waals surface area contributed by atoms with Gasteiger partial charge in [-0.05, 0) is 25.3 Å². The fourth-order valence-corrected chi connectivity index (χ4v) is 4.26. The second-order valence-corrected chi connectivity index (χ2v) is 7.78. The summed E-state index contributed by atoms with van der Waals surface area (Å²) >= 11 is 0. The van der Waals surface area contributed by atoms with Crippen molar-refractivity contribution >= 4 is 17.7 Å². The zero-order chi connectivity index (χ0) is 20.4. The van der Waals surface area contributed by atoms with Crippen molar-refractivity contribution in [2.45, 2.75) is 38.8 Å². The van der Waals surface area contributed by atoms with Gasteiger partial charge < -0.3 is 20.1 Å². The molecule has 2 saturated heterocycles. The average Bonchev–Trinajstić information content (AvgIpc) is 3.18. The molecule has 1 aromatic carbocycles. The van der Waals surface area contributed by atoms with Gasteiger partial charge in [0, 0.05) is 38.2 Å². The quantitative estimate of drug-likeness (QED) is 0.813. The van der Waals surface area contributed by atoms with Gasteiger partial charge in [-0.3, -0.25) is 14.4 Å². The van der Waals surface area contributed by atoms with Gasteiger partial charge in [-0.2, -0.15) is 0 Å². The van der Waals surface area contributed by atoms with Crippen molar-refractivity contribution in [1.29, 1.82) is 0 Å². The Morgan fingerprint density at radius 1 is 1.34 bits per heavy atom. The van der Waals surface area contributed by atoms with Crippen LogP contribution in [-0.4, -0.2) is 46.9 Å². The lowest BCUT2D eigenvalue weighted by Crippen LogP contribution is -2.66. The van der Waals surface area contributed by atoms with E-state index in [4.69, 9.17) is 4.52 Å². The van der Waals surface area contributed by atoms with Gasteiger partial charge in [0.25, 0.3) is 5.91 Å². The van der Waals surface area contributed by atoms with E-state index >= 15 is 0 Å². The number of nitrogens with one attached hydrogen (secondary N) is 2. The maximum atomic E-state index is 13.3. The van der Waals surface area contributed by atoms with E-state index in [0.717, 1.165) is 5.56 Å². The highest BCUT2D eigenvalue weighted by atomic mass is 16.5. The van der Waals surface area contributed by atoms with Gasteiger partial charge in [-0.15, -0.1) is 0 Å². The highest BCUT2D eigenvalue weighted by Crippen LogP contribution is 2.38. The van der Waals surface area contributed by atoms with Crippen molar-refractivity contribution < 1.29 is 18.9 Å². The Balaban J connectivity index is 1.54. The van der Waals surface area contributed by atoms with Crippen LogP contribution in [0.25, 0.3) is 0 Å². The molecule has 2 fully saturated rings. The van der Waals surface area contributed by atoms with E-state index < -0.39 is 5.41 Å². The Kier molecular flexibility index (Phi) is 5.08. The average molecular weight is 396 g/mol. The van der Waals surface area contributed by atoms with E-state index in [2.05, 4.69) is 15.8 Å². The number of likely N-dealkylation sites (tertiary alicyclic amines) is 1. The van der Waals surface area contributed by atoms with Crippen molar-refractivity contribution in [2.75, 3.05) is 13.1 Å². The van der Waals surface area contributed by atoms with Crippen LogP contribution in [0.15, 0.2) is 40.9 Å². The van der Waals surface area contributed by atoms with Gasteiger partial charge in [0.15, 0.2) is 5.69 Å². The number of benzene rings is 1. The lowest BCUT2D eigenvalue weighted by atomic mass is 9.69. The Morgan fingerprint density at radius 2 is 2.14 bits per heavy atom. The van der Waals surface area contributed by atoms with Crippen LogP contribution in [0.2, 0.25) is 0 Å². The van der Waals surface area contributed by atoms with Crippen LogP contribution in [0.5, 0.6) is 0 Å². The lowest BCUT2D eigenvalue weighted by Gasteiger charge is -2.49. The SMILES string of the molecule is Cc1cc(C(=O)N2CC[C@H]3NC(=O)CC[C@]3(C(=O)NCc3ccccc3)C2)no1. The Bertz CT molecular complexity index is 926. The first-order valence-corrected chi connectivity index (χ1v) is 9.82. The molecule has 2 atom stereocenters. The van der Waals surface area contributed by atoms with E-state index in [1.165, 1.54) is 0 Å². The second-order valence-electron chi connectivity index (χ2n) is 7.78. The van der Waals surface area contributed by atoms with Crippen LogP contribution in [0.1, 0.15) is 41.1 Å². The summed E-state index contributed by atoms with van der Waals surface area (Å²) in [5.41, 5.74) is 0.381. The molecule has 3 heterocycles. The molecule has 2 aliphatic heterocycles. The summed E-state index contributed by atoms with van der Waals surface area (Å²) in [4.78, 5) is 39.8. The van der Waals surface area contributed by atoms with Gasteiger partial charge in [0.2, 0.25) is 11.8 Å². The van der Waals surface area contributed by atoms with Gasteiger partial charge >= 0.3 is 0 Å². The zero-order valence-electron chi connectivity index (χ0n) is 16.3. The molecule has 2 N–H and O–H groups in total. The first-order chi connectivity index (χ1) is 14.0. The summed E-state index contributed by atoms with van der Waals surface area (Å²) in [5.74, 6) is 0.115. The molecule has 0 unspecified atom stereocenters. The summed E-state index contributed by atoms with van der Waals surface area (Å²) in [6.07, 6.45) is 1.19. The van der Waals surface area contributed by atoms with Gasteiger partial charge in [-0.25, -0.2) is 0 Å². The number of aryl methyl sites for hydroxylation is 1. The molecule has 8 nitrogen and oxygen atoms in total. The van der Waals surface area contributed by atoms with Crippen molar-refractivity contribution in [3.63, 3.8) is 0 Å². The van der Waals surface area contributed by atoms with Gasteiger partial charge in [0.1, 0.15) is 5.76 Å². The van der Waals surface area contributed by atoms with E-state index in [-0.39, 0.29) is 42.4 Å². The zero-order valence-corrected chi connectivity index (χ0v) is 16.3. The minimum atomic E-state index is -0.852. The molecule has 0 radical (unpaired) electrons. The largest absolute Gasteiger partial charge is 0.361 e. The van der Waals surface area contributed by atoms with E-state index in [0.29, 0.717) is 31.7 Å². The number of fused-ring (bicyclic) bond motifs is 1. The van der Waals surface area contributed by atoms with Crippen LogP contribution in [-0.2, 0) is 16.1 Å². The molecule has 0 saturated carbocycles. The molecular weight excluding hydrogens is 372 g/mol. The molecule has 3 amide bonds. The summed E-state index contributed by atoms with van der Waals surface area (Å²) in [6.45, 7) is 2.82. The molecule has 8 heteroatoms. The number of rotatable bonds is 4. The minimum absolute atomic E-state index is 0.0478. The van der Waals surface area contributed by atoms with Crippen molar-refractivity contribution in [3.05, 3.63) is 53.4 Å². The summed E-state index contributed by atoms with van der Waals surface area (Å²) in [7, 11) is 0. The summed E-state index contributed by atoms with van der Waals surface area (Å²) in [6, 6.07) is 11.0. The summed E-state index contributed by atoms with van der Waals surface area (Å²) < 4.78 is 5.02. The maximum absolute atomic E-state index is 13.3. The number of aromatic nitrogens is 1. The van der Waals surface area contributed by atoms with E-state index in [1.807, 2.05) is 30.3 Å². The molecule has 4 rings (SSSR count). The Hall–Kier alpha value is -3.16. The first kappa shape index (κ1) is 19.2. The third-order valence-electron chi connectivity index (χ3n) is 5.84. The van der Waals surface area contributed by atoms with Gasteiger partial charge in [0.05, 0.1) is 5.41 Å². The van der Waals surface area contributed by atoms with Gasteiger partial charge in [-0.1, -0.05) is 35.5 Å². The molecule has 2 aliphatic rings. The number of carbonyl (C=O) groups excluding carboxylic acids is 3. The molecule has 0 spiro atoms. The third-order valence-corrected chi connectivity index (χ3v) is 5.84. The van der Waals surface area contributed by atoms with Crippen LogP contribution in [0.4, 0.5) is 0 Å². The van der Waals surface area contributed by atoms with E-state index in [9.17, 15) is 14.4 Å². The monoisotopic (exact) mass is 396 g/mol. The fourth-order valence-electron chi connectivity index (χ4n) is 4.26. The third kappa shape index (κ3) is 3.74. The molecule has 2 aromatic rings. The highest BCUT2D eigenvalue weighted by molar-refractivity contribution is 5.94. The first-order valence-electron chi connectivity index (χ1n) is 9.82. The predicted octanol–water partition coefficient (Wildman–Crippen LogP) is 1.41. The second kappa shape index (κ2) is 7.69. The van der Waals surface area contributed by atoms with Crippen LogP contribution < -0.4 is 10.6 Å². The molecule has 0 aliphatic carbocycles. The number of nitrogens with zero attached hydrogens (tertiary/aromatic N) is 2. The smallest absolute Gasteiger partial charge is 0.276 e. The Morgan fingerprint density at radius 3 is 2.86 bits per heavy atom. The normalized spacial score (nSPS) is 23.8. The van der Waals surface area contributed by atoms with Crippen molar-refractivity contribution in [3.8, 4) is 0 Å². The molecule has 0 bridgehead atoms. The number of amides is 3. The van der Waals surface area contributed by atoms with Crippen molar-refractivity contribution in [2.24, 2.45) is 5.41 Å². The minimum Gasteiger partial charge on any atom is -0.361 e. The Labute approximate surface area is 168 Å². The lowest BCUT2D eigenvalue weighted by molar-refractivity contribution is -0.142. The van der Waals surface area contributed by atoms with E-state index in [1.54, 1.807) is 17.9 Å². The van der Waals surface area contributed by atoms with Crippen LogP contribution in [0.3, 0.4) is 0 Å². The molecular formula is C21H24N4O4. The number of carbonyl (C=O) groups is 3. The maximum Gasteiger partial charge on any atom is 0.276 e. The molecule has 1 aromatic heterocycles. The standard InChI is InChI=1S/C21H24N4O4/c1-14-11-16(24-29-14)19(27)25-10-8-17-21(13-25,9-7-18(26)23-17)20(28)22-12-15-5-3-2-4-6-15/h2-6,11,17H,7-10,12-13H2,1H3,(H,22,28)(H,23,26)/t17-,21+/m1/s1. The molecule has 29 heavy (non-hydrogen) atoms. The topological polar surface area (TPSA) is 105 Å². The van der Waals surface area contributed by atoms with Crippen LogP contribution in [0, 0.1) is 12.3 Å². The fraction of sp³-hybridized carbons (Fsp3) is 0.429. The highest BCUT2D eigenvalue weighted by Gasteiger charge is 2.53. The predicted molar refractivity (Wildman–Crippen MR) is 104 cm³/mol. The molecule has 152 valence electrons. The van der Waals surface area contributed by atoms with Crippen LogP contribution >= 0.6 is 0 Å².